The van der Waals surface area contributed by atoms with Crippen LogP contribution < -0.4 is 5.32 Å². The summed E-state index contributed by atoms with van der Waals surface area (Å²) in [7, 11) is 0. The van der Waals surface area contributed by atoms with E-state index in [1.54, 1.807) is 0 Å². The molecule has 0 amide bonds. The third-order valence-corrected chi connectivity index (χ3v) is 5.03. The van der Waals surface area contributed by atoms with Crippen molar-refractivity contribution in [2.75, 3.05) is 6.54 Å². The standard InChI is InChI=1S/C13H20F3N/c14-13(15,16)9-3-5-12(6-4-9)7-10(12)8-17-11-1-2-11/h9-11,17H,1-8H2. The molecule has 1 N–H and O–H groups in total. The largest absolute Gasteiger partial charge is 0.391 e. The Hall–Kier alpha value is -0.250. The van der Waals surface area contributed by atoms with Crippen LogP contribution in [0, 0.1) is 17.3 Å². The van der Waals surface area contributed by atoms with Gasteiger partial charge in [0.1, 0.15) is 0 Å². The molecule has 0 aromatic heterocycles. The Morgan fingerprint density at radius 2 is 1.71 bits per heavy atom. The summed E-state index contributed by atoms with van der Waals surface area (Å²) in [5.41, 5.74) is 0.295. The van der Waals surface area contributed by atoms with Crippen LogP contribution in [0.3, 0.4) is 0 Å². The van der Waals surface area contributed by atoms with Gasteiger partial charge in [-0.3, -0.25) is 0 Å². The molecule has 1 nitrogen and oxygen atoms in total. The lowest BCUT2D eigenvalue weighted by molar-refractivity contribution is -0.185. The molecule has 3 aliphatic carbocycles. The highest BCUT2D eigenvalue weighted by Gasteiger charge is 2.57. The van der Waals surface area contributed by atoms with Gasteiger partial charge in [-0.25, -0.2) is 0 Å². The summed E-state index contributed by atoms with van der Waals surface area (Å²) < 4.78 is 37.7. The van der Waals surface area contributed by atoms with Gasteiger partial charge in [0, 0.05) is 6.04 Å². The van der Waals surface area contributed by atoms with E-state index in [9.17, 15) is 13.2 Å². The van der Waals surface area contributed by atoms with Gasteiger partial charge < -0.3 is 5.32 Å². The Kier molecular flexibility index (Phi) is 2.69. The van der Waals surface area contributed by atoms with E-state index in [0.29, 0.717) is 24.2 Å². The lowest BCUT2D eigenvalue weighted by Gasteiger charge is -2.30. The number of nitrogens with one attached hydrogen (secondary N) is 1. The maximum absolute atomic E-state index is 12.6. The van der Waals surface area contributed by atoms with Crippen molar-refractivity contribution in [3.63, 3.8) is 0 Å². The average Bonchev–Trinajstić information content (AvgIpc) is 3.13. The molecule has 3 fully saturated rings. The van der Waals surface area contributed by atoms with Gasteiger partial charge in [0.2, 0.25) is 0 Å². The molecule has 1 spiro atoms. The molecule has 0 aliphatic heterocycles. The zero-order chi connectivity index (χ0) is 12.1. The van der Waals surface area contributed by atoms with E-state index in [-0.39, 0.29) is 0 Å². The molecule has 3 rings (SSSR count). The molecule has 0 bridgehead atoms. The van der Waals surface area contributed by atoms with Gasteiger partial charge in [-0.15, -0.1) is 0 Å². The highest BCUT2D eigenvalue weighted by Crippen LogP contribution is 2.63. The summed E-state index contributed by atoms with van der Waals surface area (Å²) in [4.78, 5) is 0. The number of hydrogen-bond donors (Lipinski definition) is 1. The van der Waals surface area contributed by atoms with Crippen LogP contribution in [0.15, 0.2) is 0 Å². The molecule has 3 saturated carbocycles. The van der Waals surface area contributed by atoms with Crippen LogP contribution >= 0.6 is 0 Å². The van der Waals surface area contributed by atoms with Crippen LogP contribution in [0.5, 0.6) is 0 Å². The first-order chi connectivity index (χ1) is 8.00. The second-order valence-electron chi connectivity index (χ2n) is 6.26. The molecule has 0 radical (unpaired) electrons. The zero-order valence-corrected chi connectivity index (χ0v) is 10.0. The Balaban J connectivity index is 1.45. The van der Waals surface area contributed by atoms with E-state index < -0.39 is 12.1 Å². The minimum absolute atomic E-state index is 0.295. The monoisotopic (exact) mass is 247 g/mol. The predicted octanol–water partition coefficient (Wildman–Crippen LogP) is 3.50. The van der Waals surface area contributed by atoms with Crippen LogP contribution in [-0.4, -0.2) is 18.8 Å². The van der Waals surface area contributed by atoms with Crippen molar-refractivity contribution in [1.82, 2.24) is 5.32 Å². The van der Waals surface area contributed by atoms with Gasteiger partial charge in [0.15, 0.2) is 0 Å². The van der Waals surface area contributed by atoms with Crippen LogP contribution in [0.25, 0.3) is 0 Å². The number of alkyl halides is 3. The van der Waals surface area contributed by atoms with Crippen molar-refractivity contribution in [1.29, 1.82) is 0 Å². The Bertz CT molecular complexity index is 288. The average molecular weight is 247 g/mol. The van der Waals surface area contributed by atoms with Gasteiger partial charge in [-0.05, 0) is 62.8 Å². The maximum Gasteiger partial charge on any atom is 0.391 e. The van der Waals surface area contributed by atoms with Gasteiger partial charge in [0.05, 0.1) is 5.92 Å². The number of rotatable bonds is 3. The molecule has 4 heteroatoms. The van der Waals surface area contributed by atoms with Gasteiger partial charge >= 0.3 is 6.18 Å². The summed E-state index contributed by atoms with van der Waals surface area (Å²) >= 11 is 0. The molecule has 0 aromatic carbocycles. The van der Waals surface area contributed by atoms with Crippen LogP contribution in [-0.2, 0) is 0 Å². The normalized spacial score (nSPS) is 41.8. The second-order valence-corrected chi connectivity index (χ2v) is 6.26. The Morgan fingerprint density at radius 1 is 1.06 bits per heavy atom. The molecule has 0 heterocycles. The van der Waals surface area contributed by atoms with E-state index in [2.05, 4.69) is 5.32 Å². The minimum atomic E-state index is -3.96. The van der Waals surface area contributed by atoms with Crippen molar-refractivity contribution in [2.45, 2.75) is 57.2 Å². The fourth-order valence-electron chi connectivity index (χ4n) is 3.45. The first-order valence-electron chi connectivity index (χ1n) is 6.80. The lowest BCUT2D eigenvalue weighted by Crippen LogP contribution is -2.30. The zero-order valence-electron chi connectivity index (χ0n) is 10.0. The highest BCUT2D eigenvalue weighted by atomic mass is 19.4. The van der Waals surface area contributed by atoms with Crippen LogP contribution in [0.2, 0.25) is 0 Å². The highest BCUT2D eigenvalue weighted by molar-refractivity contribution is 5.06. The fraction of sp³-hybridized carbons (Fsp3) is 1.00. The lowest BCUT2D eigenvalue weighted by atomic mass is 9.78. The quantitative estimate of drug-likeness (QED) is 0.805. The third-order valence-electron chi connectivity index (χ3n) is 5.03. The van der Waals surface area contributed by atoms with E-state index >= 15 is 0 Å². The van der Waals surface area contributed by atoms with Gasteiger partial charge in [-0.2, -0.15) is 13.2 Å². The van der Waals surface area contributed by atoms with Gasteiger partial charge in [0.25, 0.3) is 0 Å². The summed E-state index contributed by atoms with van der Waals surface area (Å²) in [5.74, 6) is -0.358. The molecule has 17 heavy (non-hydrogen) atoms. The topological polar surface area (TPSA) is 12.0 Å². The first kappa shape index (κ1) is 11.8. The van der Waals surface area contributed by atoms with E-state index in [1.165, 1.54) is 12.8 Å². The second kappa shape index (κ2) is 3.87. The van der Waals surface area contributed by atoms with Crippen LogP contribution in [0.1, 0.15) is 44.9 Å². The van der Waals surface area contributed by atoms with Crippen molar-refractivity contribution in [2.24, 2.45) is 17.3 Å². The van der Waals surface area contributed by atoms with Crippen molar-refractivity contribution >= 4 is 0 Å². The SMILES string of the molecule is FC(F)(F)C1CCC2(CC1)CC2CNC1CC1. The fourth-order valence-corrected chi connectivity index (χ4v) is 3.45. The summed E-state index contributed by atoms with van der Waals surface area (Å²) in [6, 6.07) is 0.721. The molecule has 98 valence electrons. The van der Waals surface area contributed by atoms with Gasteiger partial charge in [-0.1, -0.05) is 0 Å². The van der Waals surface area contributed by atoms with E-state index in [4.69, 9.17) is 0 Å². The first-order valence-corrected chi connectivity index (χ1v) is 6.80. The molecule has 1 atom stereocenters. The molecule has 0 aromatic rings. The van der Waals surface area contributed by atoms with E-state index in [0.717, 1.165) is 31.8 Å². The molecule has 0 saturated heterocycles. The summed E-state index contributed by atoms with van der Waals surface area (Å²) in [6.07, 6.45) is 2.11. The minimum Gasteiger partial charge on any atom is -0.314 e. The maximum atomic E-state index is 12.6. The summed E-state index contributed by atoms with van der Waals surface area (Å²) in [6.45, 7) is 1.04. The van der Waals surface area contributed by atoms with Crippen molar-refractivity contribution < 1.29 is 13.2 Å². The summed E-state index contributed by atoms with van der Waals surface area (Å²) in [5, 5.41) is 3.51. The van der Waals surface area contributed by atoms with Crippen LogP contribution in [0.4, 0.5) is 13.2 Å². The molecule has 3 aliphatic rings. The van der Waals surface area contributed by atoms with Crippen molar-refractivity contribution in [3.05, 3.63) is 0 Å². The molecular formula is C13H20F3N. The third kappa shape index (κ3) is 2.47. The molecular weight excluding hydrogens is 227 g/mol. The Labute approximate surface area is 100 Å². The smallest absolute Gasteiger partial charge is 0.314 e. The van der Waals surface area contributed by atoms with Crippen molar-refractivity contribution in [3.8, 4) is 0 Å². The Morgan fingerprint density at radius 3 is 2.24 bits per heavy atom. The number of hydrogen-bond acceptors (Lipinski definition) is 1. The molecule has 1 unspecified atom stereocenters. The predicted molar refractivity (Wildman–Crippen MR) is 59.6 cm³/mol. The van der Waals surface area contributed by atoms with E-state index in [1.807, 2.05) is 0 Å². The number of halogens is 3.